The SMILES string of the molecule is C=CC(=O)OC(N)[N+](C)(C)CC(C)O.[Cl-]. The minimum atomic E-state index is -0.796. The van der Waals surface area contributed by atoms with E-state index in [9.17, 15) is 9.90 Å². The Balaban J connectivity index is 0. The number of aliphatic hydroxyl groups is 1. The highest BCUT2D eigenvalue weighted by Crippen LogP contribution is 2.05. The van der Waals surface area contributed by atoms with Gasteiger partial charge in [0.1, 0.15) is 12.6 Å². The number of rotatable bonds is 5. The maximum Gasteiger partial charge on any atom is 0.335 e. The van der Waals surface area contributed by atoms with E-state index in [0.29, 0.717) is 6.54 Å². The molecule has 0 amide bonds. The number of hydrogen-bond acceptors (Lipinski definition) is 4. The van der Waals surface area contributed by atoms with Gasteiger partial charge in [-0.2, -0.15) is 0 Å². The molecule has 3 N–H and O–H groups in total. The van der Waals surface area contributed by atoms with Crippen LogP contribution in [-0.4, -0.2) is 48.7 Å². The molecular formula is C9H19ClN2O3. The maximum absolute atomic E-state index is 10.9. The summed E-state index contributed by atoms with van der Waals surface area (Å²) in [6.07, 6.45) is -0.240. The first-order valence-electron chi connectivity index (χ1n) is 4.39. The van der Waals surface area contributed by atoms with Gasteiger partial charge in [0, 0.05) is 6.08 Å². The van der Waals surface area contributed by atoms with Gasteiger partial charge in [0.15, 0.2) is 0 Å². The first kappa shape index (κ1) is 16.8. The van der Waals surface area contributed by atoms with Gasteiger partial charge in [-0.25, -0.2) is 10.5 Å². The molecular weight excluding hydrogens is 220 g/mol. The summed E-state index contributed by atoms with van der Waals surface area (Å²) in [6, 6.07) is 0. The largest absolute Gasteiger partial charge is 1.00 e. The summed E-state index contributed by atoms with van der Waals surface area (Å²) in [6.45, 7) is 5.33. The van der Waals surface area contributed by atoms with Crippen LogP contribution in [0.4, 0.5) is 0 Å². The first-order valence-corrected chi connectivity index (χ1v) is 4.39. The molecule has 0 fully saturated rings. The molecule has 0 aliphatic rings. The number of halogens is 1. The second-order valence-corrected chi connectivity index (χ2v) is 3.84. The van der Waals surface area contributed by atoms with Crippen LogP contribution in [0.15, 0.2) is 12.7 Å². The van der Waals surface area contributed by atoms with Crippen LogP contribution >= 0.6 is 0 Å². The molecule has 0 aliphatic carbocycles. The third-order valence-corrected chi connectivity index (χ3v) is 1.83. The van der Waals surface area contributed by atoms with Crippen LogP contribution < -0.4 is 18.1 Å². The van der Waals surface area contributed by atoms with Crippen molar-refractivity contribution in [3.63, 3.8) is 0 Å². The van der Waals surface area contributed by atoms with Crippen LogP contribution in [0.3, 0.4) is 0 Å². The topological polar surface area (TPSA) is 72.5 Å². The van der Waals surface area contributed by atoms with E-state index in [1.54, 1.807) is 21.0 Å². The number of quaternary nitrogens is 1. The molecule has 0 aromatic carbocycles. The van der Waals surface area contributed by atoms with Crippen LogP contribution in [0.1, 0.15) is 6.92 Å². The van der Waals surface area contributed by atoms with Crippen molar-refractivity contribution in [3.05, 3.63) is 12.7 Å². The van der Waals surface area contributed by atoms with Gasteiger partial charge in [-0.1, -0.05) is 6.58 Å². The lowest BCUT2D eigenvalue weighted by Crippen LogP contribution is -3.00. The van der Waals surface area contributed by atoms with E-state index in [2.05, 4.69) is 6.58 Å². The van der Waals surface area contributed by atoms with Crippen LogP contribution in [-0.2, 0) is 9.53 Å². The summed E-state index contributed by atoms with van der Waals surface area (Å²) in [7, 11) is 3.54. The van der Waals surface area contributed by atoms with E-state index >= 15 is 0 Å². The van der Waals surface area contributed by atoms with Crippen molar-refractivity contribution in [2.75, 3.05) is 20.6 Å². The summed E-state index contributed by atoms with van der Waals surface area (Å²) in [4.78, 5) is 10.9. The van der Waals surface area contributed by atoms with Gasteiger partial charge in [0.25, 0.3) is 6.35 Å². The number of carbonyl (C=O) groups is 1. The Kier molecular flexibility index (Phi) is 7.60. The Hall–Kier alpha value is -0.620. The number of carbonyl (C=O) groups excluding carboxylic acids is 1. The zero-order valence-electron chi connectivity index (χ0n) is 9.31. The number of nitrogens with zero attached hydrogens (tertiary/aromatic N) is 1. The highest BCUT2D eigenvalue weighted by Gasteiger charge is 2.28. The van der Waals surface area contributed by atoms with Gasteiger partial charge in [0.2, 0.25) is 0 Å². The minimum absolute atomic E-state index is 0. The monoisotopic (exact) mass is 238 g/mol. The van der Waals surface area contributed by atoms with Crippen molar-refractivity contribution in [1.82, 2.24) is 0 Å². The molecule has 0 heterocycles. The van der Waals surface area contributed by atoms with Gasteiger partial charge in [-0.05, 0) is 6.92 Å². The lowest BCUT2D eigenvalue weighted by atomic mass is 10.3. The van der Waals surface area contributed by atoms with Crippen molar-refractivity contribution in [2.45, 2.75) is 19.4 Å². The Bertz CT molecular complexity index is 219. The number of ether oxygens (including phenoxy) is 1. The lowest BCUT2D eigenvalue weighted by molar-refractivity contribution is -0.937. The van der Waals surface area contributed by atoms with Crippen molar-refractivity contribution < 1.29 is 31.5 Å². The van der Waals surface area contributed by atoms with Crippen molar-refractivity contribution in [1.29, 1.82) is 0 Å². The molecule has 0 radical (unpaired) electrons. The van der Waals surface area contributed by atoms with Gasteiger partial charge >= 0.3 is 5.97 Å². The molecule has 0 saturated carbocycles. The average molecular weight is 239 g/mol. The molecule has 0 spiro atoms. The summed E-state index contributed by atoms with van der Waals surface area (Å²) in [5.41, 5.74) is 5.65. The molecule has 5 nitrogen and oxygen atoms in total. The summed E-state index contributed by atoms with van der Waals surface area (Å²) in [5, 5.41) is 9.20. The van der Waals surface area contributed by atoms with Crippen LogP contribution in [0, 0.1) is 0 Å². The fourth-order valence-electron chi connectivity index (χ4n) is 1.09. The molecule has 0 aliphatic heterocycles. The molecule has 0 bridgehead atoms. The molecule has 2 unspecified atom stereocenters. The van der Waals surface area contributed by atoms with Gasteiger partial charge < -0.3 is 22.3 Å². The average Bonchev–Trinajstić information content (AvgIpc) is 2.01. The molecule has 6 heteroatoms. The number of nitrogens with two attached hydrogens (primary N) is 1. The quantitative estimate of drug-likeness (QED) is 0.225. The van der Waals surface area contributed by atoms with E-state index < -0.39 is 18.4 Å². The zero-order valence-corrected chi connectivity index (χ0v) is 10.1. The molecule has 0 saturated heterocycles. The zero-order chi connectivity index (χ0) is 11.4. The number of likely N-dealkylation sites (N-methyl/N-ethyl adjacent to an activating group) is 1. The summed E-state index contributed by atoms with van der Waals surface area (Å²) < 4.78 is 5.05. The number of aliphatic hydroxyl groups excluding tert-OH is 1. The number of hydrogen-bond donors (Lipinski definition) is 2. The Morgan fingerprint density at radius 1 is 1.67 bits per heavy atom. The Morgan fingerprint density at radius 3 is 2.47 bits per heavy atom. The van der Waals surface area contributed by atoms with Crippen LogP contribution in [0.25, 0.3) is 0 Å². The van der Waals surface area contributed by atoms with E-state index in [-0.39, 0.29) is 16.9 Å². The van der Waals surface area contributed by atoms with E-state index in [4.69, 9.17) is 10.5 Å². The standard InChI is InChI=1S/C9H19N2O3.ClH/c1-5-8(13)14-9(10)11(3,4)6-7(2)12;/h5,7,9,12H,1,6,10H2,2-4H3;1H/q+1;/p-1. The van der Waals surface area contributed by atoms with Crippen molar-refractivity contribution in [3.8, 4) is 0 Å². The predicted molar refractivity (Wildman–Crippen MR) is 52.9 cm³/mol. The van der Waals surface area contributed by atoms with Crippen LogP contribution in [0.2, 0.25) is 0 Å². The molecule has 0 aromatic rings. The second-order valence-electron chi connectivity index (χ2n) is 3.84. The highest BCUT2D eigenvalue weighted by molar-refractivity contribution is 5.81. The minimum Gasteiger partial charge on any atom is -1.00 e. The second kappa shape index (κ2) is 6.79. The van der Waals surface area contributed by atoms with Gasteiger partial charge in [-0.3, -0.25) is 4.48 Å². The smallest absolute Gasteiger partial charge is 0.335 e. The Labute approximate surface area is 96.5 Å². The molecule has 0 rings (SSSR count). The fraction of sp³-hybridized carbons (Fsp3) is 0.667. The van der Waals surface area contributed by atoms with E-state index in [0.717, 1.165) is 6.08 Å². The van der Waals surface area contributed by atoms with Crippen molar-refractivity contribution in [2.24, 2.45) is 5.73 Å². The first-order chi connectivity index (χ1) is 6.29. The van der Waals surface area contributed by atoms with E-state index in [1.807, 2.05) is 0 Å². The third kappa shape index (κ3) is 6.46. The molecule has 90 valence electrons. The summed E-state index contributed by atoms with van der Waals surface area (Å²) in [5.74, 6) is -0.561. The molecule has 0 aromatic heterocycles. The van der Waals surface area contributed by atoms with Crippen LogP contribution in [0.5, 0.6) is 0 Å². The van der Waals surface area contributed by atoms with Crippen molar-refractivity contribution >= 4 is 5.97 Å². The van der Waals surface area contributed by atoms with Gasteiger partial charge in [0.05, 0.1) is 14.1 Å². The maximum atomic E-state index is 10.9. The number of esters is 1. The van der Waals surface area contributed by atoms with Gasteiger partial charge in [-0.15, -0.1) is 0 Å². The lowest BCUT2D eigenvalue weighted by Gasteiger charge is -2.34. The third-order valence-electron chi connectivity index (χ3n) is 1.83. The molecule has 2 atom stereocenters. The highest BCUT2D eigenvalue weighted by atomic mass is 35.5. The van der Waals surface area contributed by atoms with E-state index in [1.165, 1.54) is 0 Å². The normalized spacial score (nSPS) is 14.7. The Morgan fingerprint density at radius 2 is 2.13 bits per heavy atom. The molecule has 15 heavy (non-hydrogen) atoms. The predicted octanol–water partition coefficient (Wildman–Crippen LogP) is -3.58. The fourth-order valence-corrected chi connectivity index (χ4v) is 1.09. The summed E-state index contributed by atoms with van der Waals surface area (Å²) >= 11 is 0.